The minimum atomic E-state index is 0.318. The molecular formula is C22H24. The van der Waals surface area contributed by atoms with Crippen molar-refractivity contribution >= 4 is 10.8 Å². The Bertz CT molecular complexity index is 789. The lowest BCUT2D eigenvalue weighted by atomic mass is 9.86. The summed E-state index contributed by atoms with van der Waals surface area (Å²) in [4.78, 5) is 0. The highest BCUT2D eigenvalue weighted by atomic mass is 14.2. The van der Waals surface area contributed by atoms with Crippen LogP contribution in [0, 0.1) is 12.3 Å². The van der Waals surface area contributed by atoms with Gasteiger partial charge in [-0.25, -0.2) is 0 Å². The molecular weight excluding hydrogens is 264 g/mol. The van der Waals surface area contributed by atoms with Crippen molar-refractivity contribution < 1.29 is 0 Å². The molecule has 0 aliphatic carbocycles. The van der Waals surface area contributed by atoms with Gasteiger partial charge in [0, 0.05) is 0 Å². The molecule has 0 heteroatoms. The van der Waals surface area contributed by atoms with Crippen LogP contribution in [0.15, 0.2) is 60.7 Å². The van der Waals surface area contributed by atoms with E-state index in [1.54, 1.807) is 0 Å². The SMILES string of the molecule is Cc1ccc(-c2ccccc2)c2ccc(CC(C)(C)C)cc12. The molecule has 3 aromatic rings. The van der Waals surface area contributed by atoms with Gasteiger partial charge in [-0.3, -0.25) is 0 Å². The summed E-state index contributed by atoms with van der Waals surface area (Å²) < 4.78 is 0. The summed E-state index contributed by atoms with van der Waals surface area (Å²) in [6, 6.07) is 22.1. The molecule has 0 fully saturated rings. The third kappa shape index (κ3) is 3.06. The summed E-state index contributed by atoms with van der Waals surface area (Å²) in [7, 11) is 0. The summed E-state index contributed by atoms with van der Waals surface area (Å²) in [6.45, 7) is 9.09. The molecule has 0 aliphatic rings. The molecule has 0 aromatic heterocycles. The quantitative estimate of drug-likeness (QED) is 0.511. The molecule has 3 rings (SSSR count). The monoisotopic (exact) mass is 288 g/mol. The van der Waals surface area contributed by atoms with Gasteiger partial charge in [0.25, 0.3) is 0 Å². The molecule has 22 heavy (non-hydrogen) atoms. The minimum Gasteiger partial charge on any atom is -0.0622 e. The number of aryl methyl sites for hydroxylation is 1. The second-order valence-electron chi connectivity index (χ2n) is 7.41. The molecule has 3 aromatic carbocycles. The summed E-state index contributed by atoms with van der Waals surface area (Å²) in [5, 5.41) is 2.73. The molecule has 0 heterocycles. The van der Waals surface area contributed by atoms with Gasteiger partial charge >= 0.3 is 0 Å². The third-order valence-electron chi connectivity index (χ3n) is 4.12. The highest BCUT2D eigenvalue weighted by molar-refractivity contribution is 5.98. The molecule has 0 saturated carbocycles. The van der Waals surface area contributed by atoms with E-state index in [1.165, 1.54) is 33.0 Å². The van der Waals surface area contributed by atoms with Gasteiger partial charge in [-0.1, -0.05) is 81.4 Å². The lowest BCUT2D eigenvalue weighted by Gasteiger charge is -2.19. The van der Waals surface area contributed by atoms with Crippen molar-refractivity contribution in [1.29, 1.82) is 0 Å². The van der Waals surface area contributed by atoms with E-state index in [0.29, 0.717) is 5.41 Å². The highest BCUT2D eigenvalue weighted by Gasteiger charge is 2.13. The average Bonchev–Trinajstić information content (AvgIpc) is 2.47. The second kappa shape index (κ2) is 5.61. The van der Waals surface area contributed by atoms with Crippen LogP contribution in [0.2, 0.25) is 0 Å². The van der Waals surface area contributed by atoms with E-state index < -0.39 is 0 Å². The van der Waals surface area contributed by atoms with Crippen LogP contribution in [0.5, 0.6) is 0 Å². The number of hydrogen-bond acceptors (Lipinski definition) is 0. The maximum Gasteiger partial charge on any atom is -0.0103 e. The summed E-state index contributed by atoms with van der Waals surface area (Å²) in [5.41, 5.74) is 5.71. The smallest absolute Gasteiger partial charge is 0.0103 e. The number of hydrogen-bond donors (Lipinski definition) is 0. The first-order valence-electron chi connectivity index (χ1n) is 8.02. The van der Waals surface area contributed by atoms with Crippen LogP contribution in [0.25, 0.3) is 21.9 Å². The topological polar surface area (TPSA) is 0 Å². The van der Waals surface area contributed by atoms with Crippen LogP contribution in [0.4, 0.5) is 0 Å². The van der Waals surface area contributed by atoms with Gasteiger partial charge in [-0.15, -0.1) is 0 Å². The number of fused-ring (bicyclic) bond motifs is 1. The van der Waals surface area contributed by atoms with E-state index in [4.69, 9.17) is 0 Å². The van der Waals surface area contributed by atoms with Gasteiger partial charge in [0.1, 0.15) is 0 Å². The molecule has 0 aliphatic heterocycles. The highest BCUT2D eigenvalue weighted by Crippen LogP contribution is 2.32. The maximum atomic E-state index is 2.38. The van der Waals surface area contributed by atoms with Crippen molar-refractivity contribution in [1.82, 2.24) is 0 Å². The standard InChI is InChI=1S/C22H24/c1-16-10-12-19(18-8-6-5-7-9-18)20-13-11-17(14-21(16)20)15-22(2,3)4/h5-14H,15H2,1-4H3. The van der Waals surface area contributed by atoms with Crippen molar-refractivity contribution in [2.45, 2.75) is 34.1 Å². The number of rotatable bonds is 2. The van der Waals surface area contributed by atoms with E-state index >= 15 is 0 Å². The molecule has 0 nitrogen and oxygen atoms in total. The van der Waals surface area contributed by atoms with Gasteiger partial charge in [0.15, 0.2) is 0 Å². The Morgan fingerprint density at radius 2 is 1.50 bits per heavy atom. The van der Waals surface area contributed by atoms with Crippen molar-refractivity contribution in [3.8, 4) is 11.1 Å². The lowest BCUT2D eigenvalue weighted by Crippen LogP contribution is -2.09. The lowest BCUT2D eigenvalue weighted by molar-refractivity contribution is 0.411. The average molecular weight is 288 g/mol. The molecule has 0 unspecified atom stereocenters. The van der Waals surface area contributed by atoms with Crippen molar-refractivity contribution in [3.05, 3.63) is 71.8 Å². The summed E-state index contributed by atoms with van der Waals surface area (Å²) in [6.07, 6.45) is 1.11. The molecule has 0 spiro atoms. The molecule has 0 N–H and O–H groups in total. The first-order valence-corrected chi connectivity index (χ1v) is 8.02. The minimum absolute atomic E-state index is 0.318. The maximum absolute atomic E-state index is 2.38. The Hall–Kier alpha value is -2.08. The predicted octanol–water partition coefficient (Wildman–Crippen LogP) is 6.40. The van der Waals surface area contributed by atoms with Gasteiger partial charge in [-0.05, 0) is 51.8 Å². The Kier molecular flexibility index (Phi) is 3.78. The van der Waals surface area contributed by atoms with Crippen LogP contribution in [0.3, 0.4) is 0 Å². The van der Waals surface area contributed by atoms with E-state index in [-0.39, 0.29) is 0 Å². The molecule has 0 saturated heterocycles. The van der Waals surface area contributed by atoms with Crippen LogP contribution < -0.4 is 0 Å². The van der Waals surface area contributed by atoms with Gasteiger partial charge in [0.2, 0.25) is 0 Å². The molecule has 0 atom stereocenters. The van der Waals surface area contributed by atoms with E-state index in [1.807, 2.05) is 0 Å². The zero-order valence-corrected chi connectivity index (χ0v) is 14.0. The van der Waals surface area contributed by atoms with Crippen molar-refractivity contribution in [2.24, 2.45) is 5.41 Å². The molecule has 0 bridgehead atoms. The van der Waals surface area contributed by atoms with Gasteiger partial charge < -0.3 is 0 Å². The fourth-order valence-corrected chi connectivity index (χ4v) is 3.13. The van der Waals surface area contributed by atoms with Gasteiger partial charge in [-0.2, -0.15) is 0 Å². The summed E-state index contributed by atoms with van der Waals surface area (Å²) in [5.74, 6) is 0. The fourth-order valence-electron chi connectivity index (χ4n) is 3.13. The second-order valence-corrected chi connectivity index (χ2v) is 7.41. The Balaban J connectivity index is 2.16. The van der Waals surface area contributed by atoms with E-state index in [9.17, 15) is 0 Å². The first-order chi connectivity index (χ1) is 10.4. The zero-order chi connectivity index (χ0) is 15.7. The van der Waals surface area contributed by atoms with E-state index in [0.717, 1.165) is 6.42 Å². The Morgan fingerprint density at radius 3 is 2.18 bits per heavy atom. The third-order valence-corrected chi connectivity index (χ3v) is 4.12. The predicted molar refractivity (Wildman–Crippen MR) is 97.3 cm³/mol. The first kappa shape index (κ1) is 14.8. The van der Waals surface area contributed by atoms with Crippen LogP contribution in [0.1, 0.15) is 31.9 Å². The molecule has 0 amide bonds. The fraction of sp³-hybridized carbons (Fsp3) is 0.273. The zero-order valence-electron chi connectivity index (χ0n) is 14.0. The normalized spacial score (nSPS) is 11.8. The van der Waals surface area contributed by atoms with Gasteiger partial charge in [0.05, 0.1) is 0 Å². The van der Waals surface area contributed by atoms with Crippen molar-refractivity contribution in [3.63, 3.8) is 0 Å². The van der Waals surface area contributed by atoms with E-state index in [2.05, 4.69) is 88.4 Å². The van der Waals surface area contributed by atoms with Crippen molar-refractivity contribution in [2.75, 3.05) is 0 Å². The Labute approximate surface area is 133 Å². The molecule has 0 radical (unpaired) electrons. The largest absolute Gasteiger partial charge is 0.0622 e. The summed E-state index contributed by atoms with van der Waals surface area (Å²) >= 11 is 0. The van der Waals surface area contributed by atoms with Crippen LogP contribution in [-0.2, 0) is 6.42 Å². The molecule has 112 valence electrons. The van der Waals surface area contributed by atoms with Crippen LogP contribution >= 0.6 is 0 Å². The number of benzene rings is 3. The van der Waals surface area contributed by atoms with Crippen LogP contribution in [-0.4, -0.2) is 0 Å². The Morgan fingerprint density at radius 1 is 0.773 bits per heavy atom.